The fourth-order valence-electron chi connectivity index (χ4n) is 16.7. The molecular formula is C114H138O12. The van der Waals surface area contributed by atoms with Crippen LogP contribution in [-0.2, 0) is 0 Å². The van der Waals surface area contributed by atoms with Gasteiger partial charge in [-0.1, -0.05) is 234 Å². The van der Waals surface area contributed by atoms with Crippen molar-refractivity contribution in [2.75, 3.05) is 39.6 Å². The number of hydrogen-bond acceptors (Lipinski definition) is 12. The van der Waals surface area contributed by atoms with Crippen molar-refractivity contribution in [1.82, 2.24) is 0 Å². The van der Waals surface area contributed by atoms with E-state index in [4.69, 9.17) is 54.9 Å². The molecule has 0 aliphatic heterocycles. The molecule has 12 nitrogen and oxygen atoms in total. The van der Waals surface area contributed by atoms with E-state index in [1.807, 2.05) is 72.8 Å². The van der Waals surface area contributed by atoms with Gasteiger partial charge >= 0.3 is 0 Å². The number of furan rings is 6. The summed E-state index contributed by atoms with van der Waals surface area (Å²) in [6.45, 7) is 17.5. The van der Waals surface area contributed by atoms with E-state index in [0.717, 1.165) is 145 Å². The second-order valence-electron chi connectivity index (χ2n) is 34.1. The van der Waals surface area contributed by atoms with Crippen LogP contribution in [0.3, 0.4) is 0 Å². The van der Waals surface area contributed by atoms with E-state index in [1.165, 1.54) is 154 Å². The summed E-state index contributed by atoms with van der Waals surface area (Å²) in [6.07, 6.45) is 42.6. The van der Waals surface area contributed by atoms with Crippen molar-refractivity contribution in [3.8, 4) is 170 Å². The molecule has 0 bridgehead atoms. The minimum Gasteiger partial charge on any atom is -0.494 e. The molecule has 7 aromatic carbocycles. The maximum Gasteiger partial charge on any atom is 0.136 e. The van der Waals surface area contributed by atoms with Crippen LogP contribution in [0, 0.1) is 0 Å². The number of hydrogen-bond donors (Lipinski definition) is 0. The Morgan fingerprint density at radius 3 is 0.389 bits per heavy atom. The molecule has 13 rings (SSSR count). The monoisotopic (exact) mass is 1700 g/mol. The Labute approximate surface area is 751 Å². The summed E-state index contributed by atoms with van der Waals surface area (Å²) in [5.74, 6) is 11.8. The van der Waals surface area contributed by atoms with E-state index in [2.05, 4.69) is 187 Å². The highest BCUT2D eigenvalue weighted by atomic mass is 16.5. The van der Waals surface area contributed by atoms with E-state index < -0.39 is 0 Å². The van der Waals surface area contributed by atoms with Crippen molar-refractivity contribution in [2.45, 2.75) is 273 Å². The van der Waals surface area contributed by atoms with E-state index in [1.54, 1.807) is 0 Å². The highest BCUT2D eigenvalue weighted by Gasteiger charge is 2.37. The first-order valence-corrected chi connectivity index (χ1v) is 48.5. The van der Waals surface area contributed by atoms with Crippen LogP contribution >= 0.6 is 0 Å². The third-order valence-electron chi connectivity index (χ3n) is 24.0. The van der Waals surface area contributed by atoms with Crippen molar-refractivity contribution in [3.05, 3.63) is 218 Å². The van der Waals surface area contributed by atoms with Crippen LogP contribution in [0.4, 0.5) is 0 Å². The standard InChI is InChI=1S/C114H138O12/c1-7-13-19-25-31-37-79-115-91-55-43-85(44-56-91)97-67-73-103(121-97)109-110(104-74-68-98(122-104)86-45-57-92(58-46-86)116-80-38-32-26-20-14-8-2)112(106-76-70-100(124-106)88-49-61-94(62-50-88)118-82-40-34-28-22-16-10-4)114(108-78-72-102(126-108)90-53-65-96(66-54-90)120-84-42-36-30-24-18-12-6)113(107-77-71-101(125-107)89-51-63-95(64-52-89)119-83-41-35-29-23-17-11-5)111(109)105-75-69-99(123-105)87-47-59-93(60-48-87)117-81-39-33-27-21-15-9-3/h43-78H,7-42,79-84H2,1-6H3. The largest absolute Gasteiger partial charge is 0.494 e. The molecule has 666 valence electrons. The topological polar surface area (TPSA) is 134 Å². The Bertz CT molecular complexity index is 4350. The Hall–Kier alpha value is -11.0. The number of ether oxygens (including phenoxy) is 6. The molecule has 0 aliphatic carbocycles. The highest BCUT2D eigenvalue weighted by molar-refractivity contribution is 6.12. The lowest BCUT2D eigenvalue weighted by Crippen LogP contribution is -2.00. The Morgan fingerprint density at radius 1 is 0.135 bits per heavy atom. The van der Waals surface area contributed by atoms with Crippen LogP contribution in [-0.4, -0.2) is 39.6 Å². The molecule has 0 saturated heterocycles. The summed E-state index contributed by atoms with van der Waals surface area (Å²) in [5, 5.41) is 0. The maximum atomic E-state index is 7.57. The van der Waals surface area contributed by atoms with Crippen LogP contribution in [0.2, 0.25) is 0 Å². The molecule has 0 spiro atoms. The van der Waals surface area contributed by atoms with Gasteiger partial charge in [0, 0.05) is 66.8 Å². The third kappa shape index (κ3) is 27.0. The predicted molar refractivity (Wildman–Crippen MR) is 518 cm³/mol. The van der Waals surface area contributed by atoms with Gasteiger partial charge in [0.05, 0.1) is 39.6 Å². The summed E-state index contributed by atoms with van der Waals surface area (Å²) in [5.41, 5.74) is 9.10. The molecule has 0 radical (unpaired) electrons. The second kappa shape index (κ2) is 51.0. The molecule has 0 atom stereocenters. The van der Waals surface area contributed by atoms with Gasteiger partial charge in [-0.25, -0.2) is 0 Å². The molecule has 0 N–H and O–H groups in total. The smallest absolute Gasteiger partial charge is 0.136 e. The van der Waals surface area contributed by atoms with Gasteiger partial charge in [0.15, 0.2) is 0 Å². The zero-order valence-corrected chi connectivity index (χ0v) is 76.4. The number of unbranched alkanes of at least 4 members (excludes halogenated alkanes) is 30. The molecule has 0 saturated carbocycles. The summed E-state index contributed by atoms with van der Waals surface area (Å²) in [4.78, 5) is 0. The van der Waals surface area contributed by atoms with Gasteiger partial charge in [-0.2, -0.15) is 0 Å². The van der Waals surface area contributed by atoms with Gasteiger partial charge in [-0.15, -0.1) is 0 Å². The zero-order valence-electron chi connectivity index (χ0n) is 76.4. The van der Waals surface area contributed by atoms with Gasteiger partial charge in [-0.3, -0.25) is 0 Å². The lowest BCUT2D eigenvalue weighted by Gasteiger charge is -2.23. The second-order valence-corrected chi connectivity index (χ2v) is 34.1. The van der Waals surface area contributed by atoms with E-state index in [-0.39, 0.29) is 0 Å². The van der Waals surface area contributed by atoms with E-state index in [9.17, 15) is 0 Å². The summed E-state index contributed by atoms with van der Waals surface area (Å²) in [7, 11) is 0. The quantitative estimate of drug-likeness (QED) is 0.0336. The normalized spacial score (nSPS) is 11.5. The average molecular weight is 1700 g/mol. The van der Waals surface area contributed by atoms with Crippen molar-refractivity contribution in [3.63, 3.8) is 0 Å². The van der Waals surface area contributed by atoms with Crippen LogP contribution in [0.15, 0.2) is 245 Å². The van der Waals surface area contributed by atoms with Gasteiger partial charge < -0.3 is 54.9 Å². The Balaban J connectivity index is 1.02. The Kier molecular flexibility index (Phi) is 37.5. The van der Waals surface area contributed by atoms with Crippen molar-refractivity contribution in [1.29, 1.82) is 0 Å². The fourth-order valence-corrected chi connectivity index (χ4v) is 16.7. The van der Waals surface area contributed by atoms with Crippen LogP contribution in [0.1, 0.15) is 273 Å². The molecule has 0 amide bonds. The molecule has 13 aromatic rings. The summed E-state index contributed by atoms with van der Waals surface area (Å²) in [6, 6.07) is 74.2. The summed E-state index contributed by atoms with van der Waals surface area (Å²) >= 11 is 0. The molecule has 126 heavy (non-hydrogen) atoms. The molecule has 0 fully saturated rings. The van der Waals surface area contributed by atoms with Crippen LogP contribution < -0.4 is 28.4 Å². The first-order valence-electron chi connectivity index (χ1n) is 48.5. The molecule has 0 aliphatic rings. The fraction of sp³-hybridized carbons (Fsp3) is 0.421. The van der Waals surface area contributed by atoms with Gasteiger partial charge in [0.1, 0.15) is 104 Å². The highest BCUT2D eigenvalue weighted by Crippen LogP contribution is 2.59. The maximum absolute atomic E-state index is 7.57. The summed E-state index contributed by atoms with van der Waals surface area (Å²) < 4.78 is 83.8. The number of benzene rings is 7. The van der Waals surface area contributed by atoms with Crippen molar-refractivity contribution < 1.29 is 54.9 Å². The minimum absolute atomic E-state index is 0.521. The molecule has 6 heterocycles. The molecular weight excluding hydrogens is 1560 g/mol. The Morgan fingerprint density at radius 2 is 0.254 bits per heavy atom. The first kappa shape index (κ1) is 92.7. The molecule has 6 aromatic heterocycles. The minimum atomic E-state index is 0.521. The SMILES string of the molecule is CCCCCCCCOc1ccc(-c2ccc(-c3c(-c4ccc(-c5ccc(OCCCCCCCC)cc5)o4)c(-c4ccc(-c5ccc(OCCCCCCCC)cc5)o4)c(-c4ccc(-c5ccc(OCCCCCCCC)cc5)o4)c(-c4ccc(-c5ccc(OCCCCCCCC)cc5)o4)c3-c3ccc(-c4ccc(OCCCCCCCC)cc4)o3)o2)cc1. The van der Waals surface area contributed by atoms with Crippen molar-refractivity contribution >= 4 is 0 Å². The lowest BCUT2D eigenvalue weighted by molar-refractivity contribution is 0.304. The van der Waals surface area contributed by atoms with Gasteiger partial charge in [0.2, 0.25) is 0 Å². The lowest BCUT2D eigenvalue weighted by atomic mass is 9.81. The van der Waals surface area contributed by atoms with Crippen LogP contribution in [0.25, 0.3) is 136 Å². The first-order chi connectivity index (χ1) is 62.3. The van der Waals surface area contributed by atoms with Crippen LogP contribution in [0.5, 0.6) is 34.5 Å². The molecule has 12 heteroatoms. The average Bonchev–Trinajstić information content (AvgIpc) is 1.56. The third-order valence-corrected chi connectivity index (χ3v) is 24.0. The van der Waals surface area contributed by atoms with Crippen molar-refractivity contribution in [2.24, 2.45) is 0 Å². The molecule has 0 unspecified atom stereocenters. The van der Waals surface area contributed by atoms with E-state index >= 15 is 0 Å². The number of rotatable bonds is 60. The zero-order chi connectivity index (χ0) is 87.0. The van der Waals surface area contributed by atoms with E-state index in [0.29, 0.717) is 142 Å². The predicted octanol–water partition coefficient (Wildman–Crippen LogP) is 35.7. The van der Waals surface area contributed by atoms with Gasteiger partial charge in [-0.05, 0) is 257 Å². The van der Waals surface area contributed by atoms with Gasteiger partial charge in [0.25, 0.3) is 0 Å².